The number of carboxylic acid groups (broad SMARTS) is 1. The topological polar surface area (TPSA) is 59.0 Å². The van der Waals surface area contributed by atoms with Crippen molar-refractivity contribution in [3.63, 3.8) is 0 Å². The van der Waals surface area contributed by atoms with Gasteiger partial charge >= 0.3 is 5.97 Å². The number of ether oxygens (including phenoxy) is 2. The van der Waals surface area contributed by atoms with Gasteiger partial charge in [-0.1, -0.05) is 12.1 Å². The Balaban J connectivity index is 1.48. The summed E-state index contributed by atoms with van der Waals surface area (Å²) >= 11 is 0. The lowest BCUT2D eigenvalue weighted by Gasteiger charge is -2.53. The number of hydrogen-bond acceptors (Lipinski definition) is 4. The fourth-order valence-electron chi connectivity index (χ4n) is 5.14. The van der Waals surface area contributed by atoms with Crippen LogP contribution in [0.1, 0.15) is 56.8 Å². The van der Waals surface area contributed by atoms with Gasteiger partial charge in [0.1, 0.15) is 11.4 Å². The van der Waals surface area contributed by atoms with E-state index >= 15 is 0 Å². The second-order valence-corrected chi connectivity index (χ2v) is 9.03. The van der Waals surface area contributed by atoms with Crippen LogP contribution in [-0.4, -0.2) is 47.3 Å². The first kappa shape index (κ1) is 18.8. The zero-order chi connectivity index (χ0) is 19.2. The van der Waals surface area contributed by atoms with Gasteiger partial charge in [-0.15, -0.1) is 0 Å². The minimum absolute atomic E-state index is 0.115. The van der Waals surface area contributed by atoms with E-state index in [-0.39, 0.29) is 18.1 Å². The summed E-state index contributed by atoms with van der Waals surface area (Å²) in [5.41, 5.74) is 2.17. The molecule has 4 rings (SSSR count). The molecule has 1 aromatic rings. The third kappa shape index (κ3) is 3.72. The highest BCUT2D eigenvalue weighted by atomic mass is 16.5. The third-order valence-corrected chi connectivity index (χ3v) is 6.60. The van der Waals surface area contributed by atoms with E-state index in [4.69, 9.17) is 14.6 Å². The number of benzene rings is 1. The molecule has 4 atom stereocenters. The summed E-state index contributed by atoms with van der Waals surface area (Å²) in [5.74, 6) is 1.11. The highest BCUT2D eigenvalue weighted by Crippen LogP contribution is 2.53. The monoisotopic (exact) mass is 373 g/mol. The number of fused-ring (bicyclic) bond motifs is 4. The van der Waals surface area contributed by atoms with Gasteiger partial charge in [0.05, 0.1) is 12.2 Å². The number of carboxylic acids is 1. The van der Waals surface area contributed by atoms with E-state index in [2.05, 4.69) is 43.9 Å². The molecule has 2 saturated heterocycles. The Morgan fingerprint density at radius 1 is 1.37 bits per heavy atom. The predicted octanol–water partition coefficient (Wildman–Crippen LogP) is 3.80. The Morgan fingerprint density at radius 3 is 2.96 bits per heavy atom. The number of likely N-dealkylation sites (tertiary alicyclic amines) is 1. The molecule has 3 aliphatic heterocycles. The number of aliphatic carboxylic acids is 1. The Kier molecular flexibility index (Phi) is 4.93. The summed E-state index contributed by atoms with van der Waals surface area (Å²) in [7, 11) is 0. The Morgan fingerprint density at radius 2 is 2.19 bits per heavy atom. The van der Waals surface area contributed by atoms with Crippen LogP contribution in [0.2, 0.25) is 0 Å². The third-order valence-electron chi connectivity index (χ3n) is 6.60. The molecule has 0 bridgehead atoms. The lowest BCUT2D eigenvalue weighted by Crippen LogP contribution is -2.55. The van der Waals surface area contributed by atoms with Crippen molar-refractivity contribution in [3.05, 3.63) is 29.3 Å². The first-order valence-corrected chi connectivity index (χ1v) is 10.2. The standard InChI is InChI=1S/C22H31NO4/c1-14-6-7-16-19(11-14)27-22(2,3)17-12-15-13-23(9-4-5-20(24)25)10-8-18(15)26-21(16)17/h6-7,11,15,17-18,21H,4-5,8-10,12-13H2,1-3H3,(H,24,25)/t15-,17+,18+,21-/m1/s1. The van der Waals surface area contributed by atoms with Gasteiger partial charge in [0, 0.05) is 31.0 Å². The van der Waals surface area contributed by atoms with Crippen LogP contribution in [0, 0.1) is 18.8 Å². The molecular formula is C22H31NO4. The molecule has 3 aliphatic rings. The van der Waals surface area contributed by atoms with E-state index in [1.165, 1.54) is 11.1 Å². The average molecular weight is 373 g/mol. The van der Waals surface area contributed by atoms with Crippen LogP contribution in [0.5, 0.6) is 5.75 Å². The quantitative estimate of drug-likeness (QED) is 0.870. The fraction of sp³-hybridized carbons (Fsp3) is 0.682. The average Bonchev–Trinajstić information content (AvgIpc) is 2.59. The predicted molar refractivity (Wildman–Crippen MR) is 103 cm³/mol. The summed E-state index contributed by atoms with van der Waals surface area (Å²) in [5, 5.41) is 8.86. The lowest BCUT2D eigenvalue weighted by atomic mass is 9.70. The van der Waals surface area contributed by atoms with Crippen molar-refractivity contribution in [1.29, 1.82) is 0 Å². The fourth-order valence-corrected chi connectivity index (χ4v) is 5.14. The van der Waals surface area contributed by atoms with Crippen LogP contribution in [0.3, 0.4) is 0 Å². The number of aryl methyl sites for hydroxylation is 1. The van der Waals surface area contributed by atoms with Crippen LogP contribution < -0.4 is 4.74 Å². The number of hydrogen-bond donors (Lipinski definition) is 1. The van der Waals surface area contributed by atoms with Crippen molar-refractivity contribution < 1.29 is 19.4 Å². The van der Waals surface area contributed by atoms with Crippen molar-refractivity contribution in [3.8, 4) is 5.75 Å². The SMILES string of the molecule is Cc1ccc2c(c1)OC(C)(C)[C@H]1C[C@@H]3CN(CCCC(=O)O)CC[C@@H]3O[C@H]21. The maximum Gasteiger partial charge on any atom is 0.303 e. The van der Waals surface area contributed by atoms with Crippen LogP contribution in [0.4, 0.5) is 0 Å². The van der Waals surface area contributed by atoms with Crippen molar-refractivity contribution in [2.24, 2.45) is 11.8 Å². The molecule has 1 aromatic carbocycles. The minimum Gasteiger partial charge on any atom is -0.487 e. The molecule has 0 spiro atoms. The first-order chi connectivity index (χ1) is 12.8. The van der Waals surface area contributed by atoms with Gasteiger partial charge in [-0.25, -0.2) is 0 Å². The largest absolute Gasteiger partial charge is 0.487 e. The van der Waals surface area contributed by atoms with E-state index in [0.29, 0.717) is 17.9 Å². The first-order valence-electron chi connectivity index (χ1n) is 10.2. The van der Waals surface area contributed by atoms with E-state index in [0.717, 1.165) is 44.6 Å². The second kappa shape index (κ2) is 7.10. The molecule has 0 saturated carbocycles. The molecule has 148 valence electrons. The molecule has 3 heterocycles. The molecule has 0 radical (unpaired) electrons. The Bertz CT molecular complexity index is 716. The van der Waals surface area contributed by atoms with E-state index < -0.39 is 5.97 Å². The molecule has 0 aliphatic carbocycles. The minimum atomic E-state index is -0.705. The van der Waals surface area contributed by atoms with Crippen molar-refractivity contribution in [2.75, 3.05) is 19.6 Å². The summed E-state index contributed by atoms with van der Waals surface area (Å²) in [6.45, 7) is 9.34. The summed E-state index contributed by atoms with van der Waals surface area (Å²) in [6, 6.07) is 6.46. The lowest BCUT2D eigenvalue weighted by molar-refractivity contribution is -0.187. The Labute approximate surface area is 161 Å². The van der Waals surface area contributed by atoms with Gasteiger partial charge in [0.2, 0.25) is 0 Å². The molecule has 5 heteroatoms. The molecule has 0 amide bonds. The zero-order valence-electron chi connectivity index (χ0n) is 16.6. The number of carbonyl (C=O) groups is 1. The molecular weight excluding hydrogens is 342 g/mol. The molecule has 0 unspecified atom stereocenters. The van der Waals surface area contributed by atoms with Gasteiger partial charge in [0.15, 0.2) is 0 Å². The van der Waals surface area contributed by atoms with Crippen LogP contribution >= 0.6 is 0 Å². The maximum absolute atomic E-state index is 10.8. The molecule has 5 nitrogen and oxygen atoms in total. The van der Waals surface area contributed by atoms with Gasteiger partial charge in [-0.2, -0.15) is 0 Å². The molecule has 0 aromatic heterocycles. The van der Waals surface area contributed by atoms with E-state index in [1.807, 2.05) is 0 Å². The number of rotatable bonds is 4. The van der Waals surface area contributed by atoms with Crippen molar-refractivity contribution in [2.45, 2.75) is 64.3 Å². The van der Waals surface area contributed by atoms with Crippen LogP contribution in [0.15, 0.2) is 18.2 Å². The van der Waals surface area contributed by atoms with Crippen LogP contribution in [0.25, 0.3) is 0 Å². The van der Waals surface area contributed by atoms with Gasteiger partial charge in [0.25, 0.3) is 0 Å². The zero-order valence-corrected chi connectivity index (χ0v) is 16.6. The molecule has 1 N–H and O–H groups in total. The summed E-state index contributed by atoms with van der Waals surface area (Å²) in [4.78, 5) is 13.2. The van der Waals surface area contributed by atoms with E-state index in [1.54, 1.807) is 0 Å². The Hall–Kier alpha value is -1.59. The number of piperidine rings is 1. The van der Waals surface area contributed by atoms with Gasteiger partial charge < -0.3 is 19.5 Å². The number of nitrogens with zero attached hydrogens (tertiary/aromatic N) is 1. The van der Waals surface area contributed by atoms with Crippen molar-refractivity contribution in [1.82, 2.24) is 4.90 Å². The van der Waals surface area contributed by atoms with Gasteiger partial charge in [-0.05, 0) is 64.1 Å². The van der Waals surface area contributed by atoms with Crippen molar-refractivity contribution >= 4 is 5.97 Å². The maximum atomic E-state index is 10.8. The second-order valence-electron chi connectivity index (χ2n) is 9.03. The summed E-state index contributed by atoms with van der Waals surface area (Å²) in [6.07, 6.45) is 3.52. The summed E-state index contributed by atoms with van der Waals surface area (Å²) < 4.78 is 13.1. The highest BCUT2D eigenvalue weighted by molar-refractivity contribution is 5.66. The van der Waals surface area contributed by atoms with Crippen LogP contribution in [-0.2, 0) is 9.53 Å². The normalized spacial score (nSPS) is 32.0. The van der Waals surface area contributed by atoms with E-state index in [9.17, 15) is 4.79 Å². The molecule has 2 fully saturated rings. The molecule has 27 heavy (non-hydrogen) atoms. The smallest absolute Gasteiger partial charge is 0.303 e. The van der Waals surface area contributed by atoms with Gasteiger partial charge in [-0.3, -0.25) is 4.79 Å². The highest BCUT2D eigenvalue weighted by Gasteiger charge is 2.51.